The Labute approximate surface area is 162 Å². The molecule has 1 unspecified atom stereocenters. The molecule has 0 radical (unpaired) electrons. The molecule has 5 heteroatoms. The lowest BCUT2D eigenvalue weighted by atomic mass is 9.89. The van der Waals surface area contributed by atoms with E-state index >= 15 is 0 Å². The zero-order valence-electron chi connectivity index (χ0n) is 16.7. The van der Waals surface area contributed by atoms with Crippen LogP contribution < -0.4 is 4.74 Å². The highest BCUT2D eigenvalue weighted by molar-refractivity contribution is 5.79. The number of benzene rings is 1. The first kappa shape index (κ1) is 19.7. The van der Waals surface area contributed by atoms with Gasteiger partial charge in [0.05, 0.1) is 7.11 Å². The number of aryl methyl sites for hydroxylation is 1. The molecule has 2 aliphatic heterocycles. The largest absolute Gasteiger partial charge is 0.497 e. The Bertz CT molecular complexity index is 653. The Morgan fingerprint density at radius 2 is 1.89 bits per heavy atom. The Balaban J connectivity index is 1.48. The summed E-state index contributed by atoms with van der Waals surface area (Å²) in [6, 6.07) is 8.27. The molecule has 5 nitrogen and oxygen atoms in total. The first-order valence-corrected chi connectivity index (χ1v) is 10.2. The van der Waals surface area contributed by atoms with Gasteiger partial charge in [-0.1, -0.05) is 12.1 Å². The number of carbonyl (C=O) groups excluding carboxylic acids is 2. The highest BCUT2D eigenvalue weighted by Gasteiger charge is 2.31. The van der Waals surface area contributed by atoms with Gasteiger partial charge < -0.3 is 14.5 Å². The van der Waals surface area contributed by atoms with E-state index in [9.17, 15) is 9.59 Å². The van der Waals surface area contributed by atoms with Crippen LogP contribution in [0.25, 0.3) is 0 Å². The molecule has 2 heterocycles. The number of ether oxygens (including phenoxy) is 1. The summed E-state index contributed by atoms with van der Waals surface area (Å²) in [4.78, 5) is 28.4. The molecule has 0 aromatic heterocycles. The summed E-state index contributed by atoms with van der Waals surface area (Å²) >= 11 is 0. The van der Waals surface area contributed by atoms with Crippen LogP contribution in [-0.2, 0) is 16.0 Å². The van der Waals surface area contributed by atoms with Crippen LogP contribution in [0.3, 0.4) is 0 Å². The van der Waals surface area contributed by atoms with Crippen molar-refractivity contribution in [1.82, 2.24) is 9.80 Å². The average Bonchev–Trinajstić information content (AvgIpc) is 2.72. The molecule has 0 bridgehead atoms. The van der Waals surface area contributed by atoms with Gasteiger partial charge in [-0.25, -0.2) is 0 Å². The number of carbonyl (C=O) groups is 2. The van der Waals surface area contributed by atoms with Crippen molar-refractivity contribution in [2.75, 3.05) is 33.3 Å². The molecule has 2 aliphatic rings. The smallest absolute Gasteiger partial charge is 0.225 e. The Kier molecular flexibility index (Phi) is 6.75. The molecular weight excluding hydrogens is 340 g/mol. The van der Waals surface area contributed by atoms with Crippen molar-refractivity contribution in [1.29, 1.82) is 0 Å². The SMILES string of the molecule is COc1cccc(CCC2CCCN(C(=O)C3CCN(C(C)=O)CC3)C2)c1. The number of methoxy groups -OCH3 is 1. The molecule has 0 aliphatic carbocycles. The Morgan fingerprint density at radius 3 is 2.59 bits per heavy atom. The van der Waals surface area contributed by atoms with Crippen molar-refractivity contribution in [3.8, 4) is 5.75 Å². The van der Waals surface area contributed by atoms with Crippen LogP contribution in [0.2, 0.25) is 0 Å². The number of likely N-dealkylation sites (tertiary alicyclic amines) is 2. The molecule has 27 heavy (non-hydrogen) atoms. The van der Waals surface area contributed by atoms with Crippen LogP contribution in [0.15, 0.2) is 24.3 Å². The van der Waals surface area contributed by atoms with E-state index in [4.69, 9.17) is 4.74 Å². The number of nitrogens with zero attached hydrogens (tertiary/aromatic N) is 2. The molecule has 1 atom stereocenters. The summed E-state index contributed by atoms with van der Waals surface area (Å²) in [7, 11) is 1.70. The molecule has 2 amide bonds. The second-order valence-corrected chi connectivity index (χ2v) is 7.96. The van der Waals surface area contributed by atoms with Crippen LogP contribution in [0.5, 0.6) is 5.75 Å². The van der Waals surface area contributed by atoms with E-state index in [1.165, 1.54) is 12.0 Å². The maximum Gasteiger partial charge on any atom is 0.225 e. The number of rotatable bonds is 5. The number of piperidine rings is 2. The molecule has 1 aromatic rings. The zero-order valence-corrected chi connectivity index (χ0v) is 16.7. The van der Waals surface area contributed by atoms with Crippen molar-refractivity contribution in [2.24, 2.45) is 11.8 Å². The van der Waals surface area contributed by atoms with Crippen molar-refractivity contribution < 1.29 is 14.3 Å². The summed E-state index contributed by atoms with van der Waals surface area (Å²) in [5.41, 5.74) is 1.30. The monoisotopic (exact) mass is 372 g/mol. The van der Waals surface area contributed by atoms with Gasteiger partial charge >= 0.3 is 0 Å². The Morgan fingerprint density at radius 1 is 1.11 bits per heavy atom. The number of hydrogen-bond acceptors (Lipinski definition) is 3. The summed E-state index contributed by atoms with van der Waals surface area (Å²) in [5, 5.41) is 0. The lowest BCUT2D eigenvalue weighted by Gasteiger charge is -2.37. The van der Waals surface area contributed by atoms with Crippen LogP contribution in [0, 0.1) is 11.8 Å². The lowest BCUT2D eigenvalue weighted by molar-refractivity contribution is -0.141. The Hall–Kier alpha value is -2.04. The summed E-state index contributed by atoms with van der Waals surface area (Å²) in [5.74, 6) is 2.01. The van der Waals surface area contributed by atoms with Crippen LogP contribution in [0.4, 0.5) is 0 Å². The van der Waals surface area contributed by atoms with E-state index in [0.29, 0.717) is 11.8 Å². The highest BCUT2D eigenvalue weighted by Crippen LogP contribution is 2.26. The molecule has 0 N–H and O–H groups in total. The molecule has 0 spiro atoms. The van der Waals surface area contributed by atoms with Gasteiger partial charge in [0, 0.05) is 39.0 Å². The first-order valence-electron chi connectivity index (χ1n) is 10.2. The fourth-order valence-electron chi connectivity index (χ4n) is 4.40. The quantitative estimate of drug-likeness (QED) is 0.798. The van der Waals surface area contributed by atoms with E-state index < -0.39 is 0 Å². The molecule has 0 saturated carbocycles. The minimum atomic E-state index is 0.0951. The van der Waals surface area contributed by atoms with E-state index in [2.05, 4.69) is 17.0 Å². The second-order valence-electron chi connectivity index (χ2n) is 7.96. The number of amides is 2. The second kappa shape index (κ2) is 9.25. The van der Waals surface area contributed by atoms with E-state index in [1.54, 1.807) is 14.0 Å². The van der Waals surface area contributed by atoms with Gasteiger partial charge in [0.2, 0.25) is 11.8 Å². The maximum atomic E-state index is 12.9. The maximum absolute atomic E-state index is 12.9. The van der Waals surface area contributed by atoms with Gasteiger partial charge in [-0.2, -0.15) is 0 Å². The molecule has 2 fully saturated rings. The molecule has 148 valence electrons. The standard InChI is InChI=1S/C22H32N2O3/c1-17(25)23-13-10-20(11-14-23)22(26)24-12-4-6-19(16-24)9-8-18-5-3-7-21(15-18)27-2/h3,5,7,15,19-20H,4,6,8-14,16H2,1-2H3. The van der Waals surface area contributed by atoms with E-state index in [1.807, 2.05) is 17.0 Å². The molecule has 2 saturated heterocycles. The van der Waals surface area contributed by atoms with Crippen molar-refractivity contribution in [2.45, 2.75) is 45.4 Å². The lowest BCUT2D eigenvalue weighted by Crippen LogP contribution is -2.47. The van der Waals surface area contributed by atoms with E-state index in [-0.39, 0.29) is 11.8 Å². The minimum Gasteiger partial charge on any atom is -0.497 e. The zero-order chi connectivity index (χ0) is 19.2. The predicted octanol–water partition coefficient (Wildman–Crippen LogP) is 3.12. The highest BCUT2D eigenvalue weighted by atomic mass is 16.5. The van der Waals surface area contributed by atoms with E-state index in [0.717, 1.165) is 64.0 Å². The van der Waals surface area contributed by atoms with Gasteiger partial charge in [0.15, 0.2) is 0 Å². The fourth-order valence-corrected chi connectivity index (χ4v) is 4.40. The molecular formula is C22H32N2O3. The van der Waals surface area contributed by atoms with Gasteiger partial charge in [-0.15, -0.1) is 0 Å². The van der Waals surface area contributed by atoms with Gasteiger partial charge in [-0.3, -0.25) is 9.59 Å². The van der Waals surface area contributed by atoms with Gasteiger partial charge in [-0.05, 0) is 62.1 Å². The third-order valence-electron chi connectivity index (χ3n) is 6.10. The van der Waals surface area contributed by atoms with Gasteiger partial charge in [0.1, 0.15) is 5.75 Å². The third kappa shape index (κ3) is 5.24. The minimum absolute atomic E-state index is 0.0951. The summed E-state index contributed by atoms with van der Waals surface area (Å²) < 4.78 is 5.31. The summed E-state index contributed by atoms with van der Waals surface area (Å²) in [6.45, 7) is 4.83. The fraction of sp³-hybridized carbons (Fsp3) is 0.636. The van der Waals surface area contributed by atoms with Gasteiger partial charge in [0.25, 0.3) is 0 Å². The van der Waals surface area contributed by atoms with Crippen LogP contribution in [0.1, 0.15) is 44.6 Å². The topological polar surface area (TPSA) is 49.9 Å². The van der Waals surface area contributed by atoms with Crippen molar-refractivity contribution in [3.05, 3.63) is 29.8 Å². The normalized spacial score (nSPS) is 21.2. The summed E-state index contributed by atoms with van der Waals surface area (Å²) in [6.07, 6.45) is 6.06. The number of hydrogen-bond donors (Lipinski definition) is 0. The van der Waals surface area contributed by atoms with Crippen molar-refractivity contribution in [3.63, 3.8) is 0 Å². The molecule has 3 rings (SSSR count). The van der Waals surface area contributed by atoms with Crippen LogP contribution in [-0.4, -0.2) is 54.9 Å². The average molecular weight is 373 g/mol. The molecule has 1 aromatic carbocycles. The first-order chi connectivity index (χ1) is 13.1. The van der Waals surface area contributed by atoms with Crippen molar-refractivity contribution >= 4 is 11.8 Å². The third-order valence-corrected chi connectivity index (χ3v) is 6.10. The van der Waals surface area contributed by atoms with Crippen LogP contribution >= 0.6 is 0 Å². The predicted molar refractivity (Wildman–Crippen MR) is 106 cm³/mol.